The molecule has 15 heavy (non-hydrogen) atoms. The molecule has 0 aliphatic carbocycles. The van der Waals surface area contributed by atoms with Gasteiger partial charge < -0.3 is 0 Å². The third kappa shape index (κ3) is 1.34. The van der Waals surface area contributed by atoms with Crippen LogP contribution in [0.15, 0.2) is 21.8 Å². The first-order valence-electron chi connectivity index (χ1n) is 3.71. The predicted molar refractivity (Wildman–Crippen MR) is 46.2 cm³/mol. The predicted octanol–water partition coefficient (Wildman–Crippen LogP) is 1.10. The van der Waals surface area contributed by atoms with E-state index in [1.165, 1.54) is 18.2 Å². The molecule has 8 heteroatoms. The van der Waals surface area contributed by atoms with Crippen molar-refractivity contribution >= 4 is 28.5 Å². The number of benzene rings is 1. The highest BCUT2D eigenvalue weighted by atomic mass is 16.6. The van der Waals surface area contributed by atoms with Crippen LogP contribution in [0.3, 0.4) is 0 Å². The van der Waals surface area contributed by atoms with Gasteiger partial charge in [-0.05, 0) is 16.4 Å². The average Bonchev–Trinajstić information content (AvgIpc) is 2.66. The van der Waals surface area contributed by atoms with Crippen LogP contribution in [0.4, 0.5) is 11.4 Å². The molecule has 0 fully saturated rings. The highest BCUT2D eigenvalue weighted by Crippen LogP contribution is 2.33. The molecule has 0 atom stereocenters. The summed E-state index contributed by atoms with van der Waals surface area (Å²) in [6.45, 7) is 0. The smallest absolute Gasteiger partial charge is 0.258 e. The molecule has 2 rings (SSSR count). The third-order valence-corrected chi connectivity index (χ3v) is 1.73. The van der Waals surface area contributed by atoms with E-state index in [2.05, 4.69) is 19.9 Å². The number of aromatic nitrogens is 2. The van der Waals surface area contributed by atoms with Crippen molar-refractivity contribution in [3.63, 3.8) is 0 Å². The number of hydrogen-bond donors (Lipinski definition) is 0. The van der Waals surface area contributed by atoms with Crippen molar-refractivity contribution in [1.82, 2.24) is 10.3 Å². The summed E-state index contributed by atoms with van der Waals surface area (Å²) in [5, 5.41) is 17.5. The van der Waals surface area contributed by atoms with Gasteiger partial charge in [0.2, 0.25) is 6.08 Å². The quantitative estimate of drug-likeness (QED) is 0.314. The number of nitro benzene ring substituents is 1. The Morgan fingerprint density at radius 3 is 2.93 bits per heavy atom. The molecule has 0 spiro atoms. The van der Waals surface area contributed by atoms with Crippen LogP contribution in [0.25, 0.3) is 11.0 Å². The molecule has 0 aliphatic rings. The van der Waals surface area contributed by atoms with Crippen LogP contribution < -0.4 is 0 Å². The molecule has 1 aromatic heterocycles. The summed E-state index contributed by atoms with van der Waals surface area (Å²) in [4.78, 5) is 23.3. The number of aliphatic imine (C=N–C) groups is 1. The molecule has 1 heterocycles. The van der Waals surface area contributed by atoms with E-state index in [4.69, 9.17) is 0 Å². The number of nitro groups is 1. The van der Waals surface area contributed by atoms with Crippen molar-refractivity contribution < 1.29 is 14.3 Å². The van der Waals surface area contributed by atoms with E-state index in [0.29, 0.717) is 0 Å². The van der Waals surface area contributed by atoms with Crippen molar-refractivity contribution in [1.29, 1.82) is 0 Å². The first kappa shape index (κ1) is 8.97. The normalized spacial score (nSPS) is 9.87. The summed E-state index contributed by atoms with van der Waals surface area (Å²) >= 11 is 0. The van der Waals surface area contributed by atoms with E-state index in [1.54, 1.807) is 0 Å². The molecule has 0 radical (unpaired) electrons. The van der Waals surface area contributed by atoms with Crippen LogP contribution in [0.1, 0.15) is 0 Å². The van der Waals surface area contributed by atoms with Gasteiger partial charge in [-0.1, -0.05) is 0 Å². The zero-order chi connectivity index (χ0) is 10.8. The highest BCUT2D eigenvalue weighted by molar-refractivity contribution is 5.91. The summed E-state index contributed by atoms with van der Waals surface area (Å²) in [7, 11) is 0. The average molecular weight is 206 g/mol. The second kappa shape index (κ2) is 3.28. The van der Waals surface area contributed by atoms with E-state index in [9.17, 15) is 14.9 Å². The molecule has 0 saturated carbocycles. The lowest BCUT2D eigenvalue weighted by atomic mass is 10.2. The van der Waals surface area contributed by atoms with Gasteiger partial charge in [-0.15, -0.1) is 0 Å². The topological polar surface area (TPSA) is 111 Å². The second-order valence-corrected chi connectivity index (χ2v) is 2.53. The van der Waals surface area contributed by atoms with Crippen molar-refractivity contribution in [2.75, 3.05) is 0 Å². The molecule has 0 bridgehead atoms. The summed E-state index contributed by atoms with van der Waals surface area (Å²) in [5.41, 5.74) is -0.197. The van der Waals surface area contributed by atoms with Crippen LogP contribution in [0.5, 0.6) is 0 Å². The molecular formula is C7H2N4O4. The maximum absolute atomic E-state index is 10.6. The molecular weight excluding hydrogens is 204 g/mol. The standard InChI is InChI=1S/C7H2N4O4/c12-3-8-7-5(11(13)14)2-1-4-6(7)10-15-9-4/h1-2H. The lowest BCUT2D eigenvalue weighted by Crippen LogP contribution is -1.88. The van der Waals surface area contributed by atoms with Gasteiger partial charge in [-0.3, -0.25) is 10.1 Å². The Morgan fingerprint density at radius 2 is 2.27 bits per heavy atom. The minimum Gasteiger partial charge on any atom is -0.258 e. The van der Waals surface area contributed by atoms with Gasteiger partial charge in [0.15, 0.2) is 11.2 Å². The zero-order valence-corrected chi connectivity index (χ0v) is 7.08. The Labute approximate surface area is 81.3 Å². The van der Waals surface area contributed by atoms with Gasteiger partial charge >= 0.3 is 0 Å². The highest BCUT2D eigenvalue weighted by Gasteiger charge is 2.19. The van der Waals surface area contributed by atoms with Crippen molar-refractivity contribution in [3.05, 3.63) is 22.2 Å². The lowest BCUT2D eigenvalue weighted by molar-refractivity contribution is -0.383. The fourth-order valence-electron chi connectivity index (χ4n) is 1.13. The van der Waals surface area contributed by atoms with E-state index < -0.39 is 4.92 Å². The molecule has 0 saturated heterocycles. The van der Waals surface area contributed by atoms with Crippen LogP contribution in [-0.4, -0.2) is 21.3 Å². The number of hydrogen-bond acceptors (Lipinski definition) is 7. The number of carbonyl (C=O) groups excluding carboxylic acids is 1. The van der Waals surface area contributed by atoms with Crippen molar-refractivity contribution in [3.8, 4) is 0 Å². The van der Waals surface area contributed by atoms with E-state index in [1.807, 2.05) is 0 Å². The maximum atomic E-state index is 10.6. The molecule has 0 amide bonds. The van der Waals surface area contributed by atoms with Crippen molar-refractivity contribution in [2.45, 2.75) is 0 Å². The molecule has 2 aromatic rings. The third-order valence-electron chi connectivity index (χ3n) is 1.73. The largest absolute Gasteiger partial charge is 0.298 e. The molecule has 8 nitrogen and oxygen atoms in total. The van der Waals surface area contributed by atoms with Gasteiger partial charge in [-0.25, -0.2) is 9.42 Å². The number of isocyanates is 1. The SMILES string of the molecule is O=C=Nc1c([N+](=O)[O-])ccc2nonc12. The summed E-state index contributed by atoms with van der Waals surface area (Å²) < 4.78 is 4.37. The molecule has 0 N–H and O–H groups in total. The number of nitrogens with zero attached hydrogens (tertiary/aromatic N) is 4. The Hall–Kier alpha value is -2.60. The Morgan fingerprint density at radius 1 is 1.47 bits per heavy atom. The lowest BCUT2D eigenvalue weighted by Gasteiger charge is -1.93. The minimum atomic E-state index is -0.676. The summed E-state index contributed by atoms with van der Waals surface area (Å²) in [6.07, 6.45) is 1.22. The maximum Gasteiger partial charge on any atom is 0.298 e. The van der Waals surface area contributed by atoms with Gasteiger partial charge in [-0.2, -0.15) is 4.99 Å². The molecule has 74 valence electrons. The van der Waals surface area contributed by atoms with Crippen LogP contribution in [0.2, 0.25) is 0 Å². The van der Waals surface area contributed by atoms with E-state index in [-0.39, 0.29) is 22.4 Å². The van der Waals surface area contributed by atoms with Gasteiger partial charge in [0, 0.05) is 6.07 Å². The van der Waals surface area contributed by atoms with Gasteiger partial charge in [0.1, 0.15) is 5.52 Å². The number of fused-ring (bicyclic) bond motifs is 1. The number of rotatable bonds is 2. The van der Waals surface area contributed by atoms with Crippen LogP contribution in [-0.2, 0) is 4.79 Å². The van der Waals surface area contributed by atoms with Crippen LogP contribution in [0, 0.1) is 10.1 Å². The zero-order valence-electron chi connectivity index (χ0n) is 7.08. The minimum absolute atomic E-state index is 0.0625. The molecule has 0 unspecified atom stereocenters. The summed E-state index contributed by atoms with van der Waals surface area (Å²) in [5.74, 6) is 0. The van der Waals surface area contributed by atoms with Gasteiger partial charge in [0.05, 0.1) is 4.92 Å². The molecule has 0 aliphatic heterocycles. The first-order valence-corrected chi connectivity index (χ1v) is 3.71. The Bertz CT molecular complexity index is 584. The summed E-state index contributed by atoms with van der Waals surface area (Å²) in [6, 6.07) is 2.52. The Balaban J connectivity index is 2.86. The molecule has 1 aromatic carbocycles. The van der Waals surface area contributed by atoms with E-state index in [0.717, 1.165) is 0 Å². The monoisotopic (exact) mass is 206 g/mol. The van der Waals surface area contributed by atoms with Crippen molar-refractivity contribution in [2.24, 2.45) is 4.99 Å². The van der Waals surface area contributed by atoms with Gasteiger partial charge in [0.25, 0.3) is 5.69 Å². The first-order chi connectivity index (χ1) is 7.24. The fraction of sp³-hybridized carbons (Fsp3) is 0. The van der Waals surface area contributed by atoms with Crippen LogP contribution >= 0.6 is 0 Å². The van der Waals surface area contributed by atoms with E-state index >= 15 is 0 Å². The fourth-order valence-corrected chi connectivity index (χ4v) is 1.13. The Kier molecular flexibility index (Phi) is 1.96. The second-order valence-electron chi connectivity index (χ2n) is 2.53.